The van der Waals surface area contributed by atoms with Crippen molar-refractivity contribution in [2.75, 3.05) is 78.5 Å². The van der Waals surface area contributed by atoms with E-state index in [9.17, 15) is 0 Å². The third kappa shape index (κ3) is 21.5. The second kappa shape index (κ2) is 41.3. The molecule has 0 spiro atoms. The topological polar surface area (TPSA) is 104 Å². The molecule has 9 nitrogen and oxygen atoms in total. The zero-order valence-corrected chi connectivity index (χ0v) is 58.1. The van der Waals surface area contributed by atoms with E-state index in [-0.39, 0.29) is 34.1 Å². The van der Waals surface area contributed by atoms with Crippen LogP contribution in [0.3, 0.4) is 0 Å². The minimum atomic E-state index is -1.22. The van der Waals surface area contributed by atoms with Crippen LogP contribution >= 0.6 is 0 Å². The molecular weight excluding hydrogens is 1310 g/mol. The Hall–Kier alpha value is -9.98. The summed E-state index contributed by atoms with van der Waals surface area (Å²) in [5.41, 5.74) is 17.2. The van der Waals surface area contributed by atoms with E-state index >= 15 is 0 Å². The second-order valence-corrected chi connectivity index (χ2v) is 24.1. The SMILES string of the molecule is C1=NCCN2CCN=Cc3cccc(c3)C=NCCN(CCN=Cc3cccc1c3)CCN=Cc1cccc(c1)C=NCC2.CC#N.[Cu+2].[Cu+2].c1ccc([B-](c2ccccc2)(c2ccccc2)c2ccccc2)cc1.c1ccc([B-](c2ccccc2)(c2ccccc2)c2ccccc2)cc1. The molecule has 3 aliphatic rings. The van der Waals surface area contributed by atoms with Gasteiger partial charge in [-0.15, -0.1) is 0 Å². The quantitative estimate of drug-likeness (QED) is 0.142. The summed E-state index contributed by atoms with van der Waals surface area (Å²) in [7, 11) is 0. The van der Waals surface area contributed by atoms with Crippen molar-refractivity contribution in [3.8, 4) is 6.07 Å². The molecule has 0 unspecified atom stereocenters. The van der Waals surface area contributed by atoms with Crippen LogP contribution in [-0.2, 0) is 34.1 Å². The number of nitrogens with zero attached hydrogens (tertiary/aromatic N) is 9. The van der Waals surface area contributed by atoms with E-state index in [0.717, 1.165) is 72.6 Å². The molecule has 14 rings (SSSR count). The number of benzene rings is 11. The maximum Gasteiger partial charge on any atom is 2.00 e. The van der Waals surface area contributed by atoms with Gasteiger partial charge in [0.15, 0.2) is 0 Å². The molecule has 0 fully saturated rings. The molecule has 11 aromatic rings. The number of nitriles is 1. The fraction of sp³-hybridized carbons (Fsp3) is 0.151. The molecule has 0 aliphatic carbocycles. The molecule has 8 bridgehead atoms. The summed E-state index contributed by atoms with van der Waals surface area (Å²) in [4.78, 5) is 33.3. The number of rotatable bonds is 8. The Bertz CT molecular complexity index is 3560. The van der Waals surface area contributed by atoms with Gasteiger partial charge in [-0.25, -0.2) is 0 Å². The van der Waals surface area contributed by atoms with Crippen LogP contribution in [0.5, 0.6) is 0 Å². The summed E-state index contributed by atoms with van der Waals surface area (Å²) in [6.07, 6.45) is 9.35. The Morgan fingerprint density at radius 1 is 0.242 bits per heavy atom. The van der Waals surface area contributed by atoms with Crippen molar-refractivity contribution in [2.45, 2.75) is 6.92 Å². The summed E-state index contributed by atoms with van der Waals surface area (Å²) in [5.74, 6) is 0. The van der Waals surface area contributed by atoms with Crippen LogP contribution in [0.2, 0.25) is 0 Å². The zero-order chi connectivity index (χ0) is 66.7. The molecular formula is C86H85B2Cu2N9+2. The predicted molar refractivity (Wildman–Crippen MR) is 418 cm³/mol. The van der Waals surface area contributed by atoms with Gasteiger partial charge in [-0.1, -0.05) is 297 Å². The molecule has 0 atom stereocenters. The normalized spacial score (nSPS) is 14.8. The molecule has 0 saturated heterocycles. The minimum absolute atomic E-state index is 0. The Kier molecular flexibility index (Phi) is 31.2. The first-order chi connectivity index (χ1) is 48.1. The van der Waals surface area contributed by atoms with Crippen LogP contribution in [0.4, 0.5) is 0 Å². The van der Waals surface area contributed by atoms with E-state index in [1.54, 1.807) is 6.07 Å². The first-order valence-corrected chi connectivity index (χ1v) is 33.9. The van der Waals surface area contributed by atoms with Crippen molar-refractivity contribution >= 4 is 93.3 Å². The van der Waals surface area contributed by atoms with E-state index in [2.05, 4.69) is 325 Å². The molecule has 0 saturated carbocycles. The van der Waals surface area contributed by atoms with E-state index < -0.39 is 12.3 Å². The third-order valence-corrected chi connectivity index (χ3v) is 17.8. The van der Waals surface area contributed by atoms with Gasteiger partial charge in [-0.2, -0.15) is 49.0 Å². The first-order valence-electron chi connectivity index (χ1n) is 33.9. The molecule has 0 N–H and O–H groups in total. The van der Waals surface area contributed by atoms with Gasteiger partial charge in [0.1, 0.15) is 12.3 Å². The van der Waals surface area contributed by atoms with E-state index in [0.29, 0.717) is 39.3 Å². The summed E-state index contributed by atoms with van der Waals surface area (Å²) in [5, 5.41) is 7.32. The smallest absolute Gasteiger partial charge is 0.298 e. The van der Waals surface area contributed by atoms with Gasteiger partial charge in [0, 0.05) is 83.5 Å². The summed E-state index contributed by atoms with van der Waals surface area (Å²) in [6, 6.07) is 114. The molecule has 0 amide bonds. The number of fused-ring (bicyclic) bond motifs is 12. The molecule has 500 valence electrons. The Balaban J connectivity index is 0.000000194. The van der Waals surface area contributed by atoms with Crippen LogP contribution in [0, 0.1) is 11.3 Å². The van der Waals surface area contributed by atoms with Crippen LogP contribution in [0.15, 0.2) is 345 Å². The summed E-state index contributed by atoms with van der Waals surface area (Å²) in [6.45, 7) is 10.8. The van der Waals surface area contributed by atoms with Crippen molar-refractivity contribution in [3.05, 3.63) is 349 Å². The van der Waals surface area contributed by atoms with Crippen LogP contribution in [0.25, 0.3) is 0 Å². The monoisotopic (exact) mass is 1390 g/mol. The Labute approximate surface area is 608 Å². The maximum absolute atomic E-state index is 7.32. The van der Waals surface area contributed by atoms with Gasteiger partial charge in [-0.05, 0) is 51.6 Å². The van der Waals surface area contributed by atoms with Gasteiger partial charge in [0.2, 0.25) is 0 Å². The summed E-state index contributed by atoms with van der Waals surface area (Å²) < 4.78 is 0. The average molecular weight is 1390 g/mol. The van der Waals surface area contributed by atoms with Gasteiger partial charge >= 0.3 is 34.1 Å². The van der Waals surface area contributed by atoms with E-state index in [4.69, 9.17) is 35.2 Å². The molecule has 3 heterocycles. The van der Waals surface area contributed by atoms with Gasteiger partial charge in [0.25, 0.3) is 0 Å². The Morgan fingerprint density at radius 2 is 0.384 bits per heavy atom. The van der Waals surface area contributed by atoms with Crippen molar-refractivity contribution in [2.24, 2.45) is 30.0 Å². The van der Waals surface area contributed by atoms with Gasteiger partial charge in [0.05, 0.1) is 45.3 Å². The fourth-order valence-corrected chi connectivity index (χ4v) is 13.3. The van der Waals surface area contributed by atoms with Gasteiger partial charge in [-0.3, -0.25) is 39.8 Å². The molecule has 3 aliphatic heterocycles. The van der Waals surface area contributed by atoms with Crippen molar-refractivity contribution in [3.63, 3.8) is 0 Å². The van der Waals surface area contributed by atoms with Crippen LogP contribution in [-0.4, -0.2) is 138 Å². The van der Waals surface area contributed by atoms with Crippen molar-refractivity contribution in [1.82, 2.24) is 9.80 Å². The van der Waals surface area contributed by atoms with Crippen LogP contribution in [0.1, 0.15) is 40.3 Å². The number of hydrogen-bond donors (Lipinski definition) is 0. The van der Waals surface area contributed by atoms with Crippen LogP contribution < -0.4 is 43.7 Å². The number of aliphatic imine (C=N–C) groups is 6. The molecule has 99 heavy (non-hydrogen) atoms. The molecule has 13 heteroatoms. The maximum atomic E-state index is 7.32. The largest absolute Gasteiger partial charge is 2.00 e. The van der Waals surface area contributed by atoms with E-state index in [1.165, 1.54) is 50.6 Å². The third-order valence-electron chi connectivity index (χ3n) is 17.8. The summed E-state index contributed by atoms with van der Waals surface area (Å²) >= 11 is 0. The minimum Gasteiger partial charge on any atom is -0.298 e. The Morgan fingerprint density at radius 3 is 0.525 bits per heavy atom. The van der Waals surface area contributed by atoms with Gasteiger partial charge < -0.3 is 0 Å². The van der Waals surface area contributed by atoms with Crippen molar-refractivity contribution < 1.29 is 34.1 Å². The van der Waals surface area contributed by atoms with Crippen molar-refractivity contribution in [1.29, 1.82) is 5.26 Å². The fourth-order valence-electron chi connectivity index (χ4n) is 13.3. The second-order valence-electron chi connectivity index (χ2n) is 24.1. The average Bonchev–Trinajstić information content (AvgIpc) is 0.747. The molecule has 2 radical (unpaired) electrons. The molecule has 0 aromatic heterocycles. The van der Waals surface area contributed by atoms with E-state index in [1.807, 2.05) is 37.3 Å². The zero-order valence-electron chi connectivity index (χ0n) is 56.3. The predicted octanol–water partition coefficient (Wildman–Crippen LogP) is 10.9. The first kappa shape index (κ1) is 74.8. The molecule has 11 aromatic carbocycles. The number of hydrogen-bond acceptors (Lipinski definition) is 9. The standard InChI is InChI=1S/C36H42N8.2C24H20B.C2H3N.2Cu/c1-4-31-22-32(5-1)26-38-11-17-44-19-13-40-28-34-7-2-6-33(23-34)27-39-12-18-43(16-10-37-25-31)20-14-41-29-35-8-3-9-36(24-35)30-42-15-21-44;2*1-5-13-21(14-6-1)25(22-15-7-2-8-16-22,23-17-9-3-10-18-23)24-19-11-4-12-20-24;1-2-3;;/h1-9,22-30H,10-21H2;2*1-20H;1H3;;/q;2*-1;;2*+2.